The highest BCUT2D eigenvalue weighted by Gasteiger charge is 2.10. The first-order chi connectivity index (χ1) is 6.66. The quantitative estimate of drug-likeness (QED) is 0.577. The number of hydrogen-bond donors (Lipinski definition) is 1. The summed E-state index contributed by atoms with van der Waals surface area (Å²) in [6, 6.07) is 3.89. The summed E-state index contributed by atoms with van der Waals surface area (Å²) in [6.45, 7) is 6.16. The van der Waals surface area contributed by atoms with Crippen molar-refractivity contribution < 1.29 is 0 Å². The van der Waals surface area contributed by atoms with Crippen LogP contribution in [0, 0.1) is 5.92 Å². The molecule has 0 amide bonds. The molecule has 0 saturated carbocycles. The van der Waals surface area contributed by atoms with Crippen molar-refractivity contribution in [3.05, 3.63) is 36.3 Å². The van der Waals surface area contributed by atoms with Gasteiger partial charge in [-0.1, -0.05) is 19.9 Å². The average Bonchev–Trinajstić information content (AvgIpc) is 2.52. The molecular weight excluding hydrogens is 174 g/mol. The van der Waals surface area contributed by atoms with E-state index >= 15 is 0 Å². The van der Waals surface area contributed by atoms with E-state index in [9.17, 15) is 0 Å². The minimum Gasteiger partial charge on any atom is -0.339 e. The second-order valence-electron chi connectivity index (χ2n) is 3.45. The molecule has 0 radical (unpaired) electrons. The third-order valence-electron chi connectivity index (χ3n) is 1.95. The molecule has 76 valence electrons. The monoisotopic (exact) mass is 191 g/mol. The van der Waals surface area contributed by atoms with Crippen molar-refractivity contribution in [2.24, 2.45) is 10.9 Å². The van der Waals surface area contributed by atoms with Crippen molar-refractivity contribution in [1.29, 1.82) is 0 Å². The van der Waals surface area contributed by atoms with E-state index in [1.54, 1.807) is 10.9 Å². The van der Waals surface area contributed by atoms with Gasteiger partial charge in [0, 0.05) is 12.4 Å². The van der Waals surface area contributed by atoms with Crippen LogP contribution in [0.2, 0.25) is 0 Å². The molecule has 0 spiro atoms. The zero-order valence-electron chi connectivity index (χ0n) is 8.94. The number of aliphatic imine (C=N–C) groups is 1. The number of hydrogen-bond acceptors (Lipinski definition) is 2. The Bertz CT molecular complexity index is 345. The van der Waals surface area contributed by atoms with Crippen LogP contribution >= 0.6 is 0 Å². The van der Waals surface area contributed by atoms with Gasteiger partial charge in [-0.05, 0) is 25.0 Å². The highest BCUT2D eigenvalue weighted by atomic mass is 15.3. The van der Waals surface area contributed by atoms with Gasteiger partial charge in [-0.25, -0.2) is 0 Å². The molecule has 1 rings (SSSR count). The standard InChI is InChI=1S/C11H17N3/c1-4-7-13-11(9(2)3)10-6-5-8-14(10)12/h4-9H,12H2,1-3H3/b7-4-,13-11?. The van der Waals surface area contributed by atoms with Crippen LogP contribution in [0.25, 0.3) is 0 Å². The summed E-state index contributed by atoms with van der Waals surface area (Å²) in [6.07, 6.45) is 5.53. The number of nitrogens with zero attached hydrogens (tertiary/aromatic N) is 2. The van der Waals surface area contributed by atoms with Gasteiger partial charge in [-0.3, -0.25) is 9.67 Å². The first kappa shape index (κ1) is 10.6. The molecular formula is C11H17N3. The van der Waals surface area contributed by atoms with E-state index in [4.69, 9.17) is 5.84 Å². The van der Waals surface area contributed by atoms with E-state index in [1.165, 1.54) is 0 Å². The third kappa shape index (κ3) is 2.25. The number of rotatable bonds is 3. The van der Waals surface area contributed by atoms with Gasteiger partial charge in [-0.2, -0.15) is 0 Å². The highest BCUT2D eigenvalue weighted by Crippen LogP contribution is 2.09. The third-order valence-corrected chi connectivity index (χ3v) is 1.95. The van der Waals surface area contributed by atoms with Gasteiger partial charge in [0.1, 0.15) is 0 Å². The first-order valence-electron chi connectivity index (χ1n) is 4.78. The molecule has 0 aliphatic heterocycles. The van der Waals surface area contributed by atoms with E-state index in [1.807, 2.05) is 31.3 Å². The lowest BCUT2D eigenvalue weighted by Gasteiger charge is -2.09. The Kier molecular flexibility index (Phi) is 3.51. The second kappa shape index (κ2) is 4.65. The van der Waals surface area contributed by atoms with Crippen molar-refractivity contribution >= 4 is 5.71 Å². The molecule has 0 saturated heterocycles. The van der Waals surface area contributed by atoms with Gasteiger partial charge in [-0.15, -0.1) is 0 Å². The fraction of sp³-hybridized carbons (Fsp3) is 0.364. The maximum atomic E-state index is 5.76. The Morgan fingerprint density at radius 3 is 2.71 bits per heavy atom. The maximum Gasteiger partial charge on any atom is 0.0835 e. The molecule has 0 bridgehead atoms. The summed E-state index contributed by atoms with van der Waals surface area (Å²) in [5.41, 5.74) is 1.98. The maximum absolute atomic E-state index is 5.76. The Labute approximate surface area is 84.9 Å². The summed E-state index contributed by atoms with van der Waals surface area (Å²) < 4.78 is 1.60. The summed E-state index contributed by atoms with van der Waals surface area (Å²) >= 11 is 0. The molecule has 0 aromatic carbocycles. The van der Waals surface area contributed by atoms with Crippen LogP contribution in [-0.4, -0.2) is 10.4 Å². The van der Waals surface area contributed by atoms with E-state index in [2.05, 4.69) is 18.8 Å². The van der Waals surface area contributed by atoms with Crippen LogP contribution in [-0.2, 0) is 0 Å². The van der Waals surface area contributed by atoms with E-state index in [-0.39, 0.29) is 0 Å². The van der Waals surface area contributed by atoms with Crippen molar-refractivity contribution in [3.8, 4) is 0 Å². The zero-order chi connectivity index (χ0) is 10.6. The molecule has 0 aliphatic rings. The molecule has 0 fully saturated rings. The van der Waals surface area contributed by atoms with Gasteiger partial charge >= 0.3 is 0 Å². The SMILES string of the molecule is C/C=C\N=C(c1cccn1N)C(C)C. The smallest absolute Gasteiger partial charge is 0.0835 e. The Balaban J connectivity index is 3.07. The van der Waals surface area contributed by atoms with E-state index < -0.39 is 0 Å². The molecule has 0 atom stereocenters. The first-order valence-corrected chi connectivity index (χ1v) is 4.78. The average molecular weight is 191 g/mol. The summed E-state index contributed by atoms with van der Waals surface area (Å²) in [5.74, 6) is 6.13. The molecule has 1 aromatic heterocycles. The van der Waals surface area contributed by atoms with Crippen molar-refractivity contribution in [1.82, 2.24) is 4.68 Å². The van der Waals surface area contributed by atoms with Crippen LogP contribution < -0.4 is 5.84 Å². The topological polar surface area (TPSA) is 43.3 Å². The van der Waals surface area contributed by atoms with Gasteiger partial charge < -0.3 is 5.84 Å². The van der Waals surface area contributed by atoms with Crippen LogP contribution in [0.5, 0.6) is 0 Å². The van der Waals surface area contributed by atoms with Gasteiger partial charge in [0.15, 0.2) is 0 Å². The van der Waals surface area contributed by atoms with Crippen molar-refractivity contribution in [2.45, 2.75) is 20.8 Å². The van der Waals surface area contributed by atoms with Crippen molar-refractivity contribution in [2.75, 3.05) is 5.84 Å². The number of aromatic nitrogens is 1. The van der Waals surface area contributed by atoms with Crippen LogP contribution in [0.1, 0.15) is 26.5 Å². The Morgan fingerprint density at radius 2 is 2.29 bits per heavy atom. The molecule has 1 heterocycles. The summed E-state index contributed by atoms with van der Waals surface area (Å²) in [5, 5.41) is 0. The predicted molar refractivity (Wildman–Crippen MR) is 60.8 cm³/mol. The second-order valence-corrected chi connectivity index (χ2v) is 3.45. The van der Waals surface area contributed by atoms with Crippen LogP contribution in [0.15, 0.2) is 35.6 Å². The number of nitrogen functional groups attached to an aromatic ring is 1. The van der Waals surface area contributed by atoms with Gasteiger partial charge in [0.25, 0.3) is 0 Å². The van der Waals surface area contributed by atoms with Gasteiger partial charge in [0.2, 0.25) is 0 Å². The number of allylic oxidation sites excluding steroid dienone is 1. The summed E-state index contributed by atoms with van der Waals surface area (Å²) in [4.78, 5) is 4.38. The lowest BCUT2D eigenvalue weighted by Crippen LogP contribution is -2.19. The van der Waals surface area contributed by atoms with Crippen molar-refractivity contribution in [3.63, 3.8) is 0 Å². The molecule has 14 heavy (non-hydrogen) atoms. The lowest BCUT2D eigenvalue weighted by molar-refractivity contribution is 0.864. The fourth-order valence-electron chi connectivity index (χ4n) is 1.28. The highest BCUT2D eigenvalue weighted by molar-refractivity contribution is 6.01. The largest absolute Gasteiger partial charge is 0.339 e. The van der Waals surface area contributed by atoms with Gasteiger partial charge in [0.05, 0.1) is 11.4 Å². The zero-order valence-corrected chi connectivity index (χ0v) is 8.94. The Hall–Kier alpha value is -1.51. The van der Waals surface area contributed by atoms with E-state index in [0.717, 1.165) is 11.4 Å². The summed E-state index contributed by atoms with van der Waals surface area (Å²) in [7, 11) is 0. The lowest BCUT2D eigenvalue weighted by atomic mass is 10.1. The molecule has 1 aromatic rings. The Morgan fingerprint density at radius 1 is 1.57 bits per heavy atom. The number of nitrogens with two attached hydrogens (primary N) is 1. The van der Waals surface area contributed by atoms with Crippen LogP contribution in [0.4, 0.5) is 0 Å². The minimum absolute atomic E-state index is 0.364. The minimum atomic E-state index is 0.364. The normalized spacial score (nSPS) is 13.0. The molecule has 3 heteroatoms. The molecule has 0 unspecified atom stereocenters. The van der Waals surface area contributed by atoms with E-state index in [0.29, 0.717) is 5.92 Å². The van der Waals surface area contributed by atoms with Crippen LogP contribution in [0.3, 0.4) is 0 Å². The fourth-order valence-corrected chi connectivity index (χ4v) is 1.28. The predicted octanol–water partition coefficient (Wildman–Crippen LogP) is 2.18. The molecule has 3 nitrogen and oxygen atoms in total. The molecule has 2 N–H and O–H groups in total. The molecule has 0 aliphatic carbocycles.